The van der Waals surface area contributed by atoms with Crippen LogP contribution in [0.2, 0.25) is 0 Å². The number of furan rings is 1. The molecule has 0 aliphatic carbocycles. The van der Waals surface area contributed by atoms with Crippen LogP contribution in [0.3, 0.4) is 0 Å². The number of fused-ring (bicyclic) bond motifs is 6. The van der Waals surface area contributed by atoms with Crippen molar-refractivity contribution in [1.82, 2.24) is 4.98 Å². The first-order valence-corrected chi connectivity index (χ1v) is 12.7. The zero-order valence-corrected chi connectivity index (χ0v) is 20.8. The SMILES string of the molecule is C/C=C\c1c(C)c2ccccc2c2ccc(-c3cccc(-c4ccc5oc6ncccc6c5c4)c3)cc12. The van der Waals surface area contributed by atoms with Gasteiger partial charge < -0.3 is 4.42 Å². The van der Waals surface area contributed by atoms with E-state index < -0.39 is 0 Å². The average molecular weight is 476 g/mol. The molecule has 7 rings (SSSR count). The number of allylic oxidation sites excluding steroid dienone is 1. The van der Waals surface area contributed by atoms with Crippen molar-refractivity contribution in [2.24, 2.45) is 0 Å². The van der Waals surface area contributed by atoms with Gasteiger partial charge >= 0.3 is 0 Å². The Labute approximate surface area is 215 Å². The number of hydrogen-bond acceptors (Lipinski definition) is 2. The molecule has 0 spiro atoms. The minimum Gasteiger partial charge on any atom is -0.438 e. The minimum absolute atomic E-state index is 0.680. The van der Waals surface area contributed by atoms with E-state index in [1.54, 1.807) is 6.20 Å². The van der Waals surface area contributed by atoms with Crippen LogP contribution in [0.4, 0.5) is 0 Å². The van der Waals surface area contributed by atoms with E-state index in [1.165, 1.54) is 49.4 Å². The van der Waals surface area contributed by atoms with Crippen molar-refractivity contribution in [3.05, 3.63) is 120 Å². The Morgan fingerprint density at radius 1 is 0.595 bits per heavy atom. The van der Waals surface area contributed by atoms with Crippen LogP contribution in [0.5, 0.6) is 0 Å². The molecule has 176 valence electrons. The van der Waals surface area contributed by atoms with Crippen LogP contribution in [0, 0.1) is 6.92 Å². The molecule has 0 radical (unpaired) electrons. The number of benzene rings is 5. The molecular weight excluding hydrogens is 450 g/mol. The van der Waals surface area contributed by atoms with Gasteiger partial charge in [0.1, 0.15) is 5.58 Å². The van der Waals surface area contributed by atoms with Crippen molar-refractivity contribution < 1.29 is 4.42 Å². The van der Waals surface area contributed by atoms with E-state index in [9.17, 15) is 0 Å². The predicted molar refractivity (Wildman–Crippen MR) is 157 cm³/mol. The summed E-state index contributed by atoms with van der Waals surface area (Å²) in [6.45, 7) is 4.32. The molecule has 0 saturated carbocycles. The van der Waals surface area contributed by atoms with Gasteiger partial charge in [0.05, 0.1) is 0 Å². The van der Waals surface area contributed by atoms with Crippen LogP contribution < -0.4 is 0 Å². The maximum Gasteiger partial charge on any atom is 0.227 e. The minimum atomic E-state index is 0.680. The molecule has 0 atom stereocenters. The lowest BCUT2D eigenvalue weighted by molar-refractivity contribution is 0.654. The Hall–Kier alpha value is -4.69. The number of aryl methyl sites for hydroxylation is 1. The van der Waals surface area contributed by atoms with Gasteiger partial charge in [0.25, 0.3) is 0 Å². The summed E-state index contributed by atoms with van der Waals surface area (Å²) in [5, 5.41) is 7.34. The highest BCUT2D eigenvalue weighted by Gasteiger charge is 2.12. The van der Waals surface area contributed by atoms with Gasteiger partial charge in [0.2, 0.25) is 5.71 Å². The van der Waals surface area contributed by atoms with E-state index >= 15 is 0 Å². The van der Waals surface area contributed by atoms with Gasteiger partial charge in [-0.15, -0.1) is 0 Å². The Morgan fingerprint density at radius 2 is 1.27 bits per heavy atom. The molecule has 2 heteroatoms. The molecule has 7 aromatic rings. The molecule has 0 fully saturated rings. The summed E-state index contributed by atoms with van der Waals surface area (Å²) in [5.74, 6) is 0. The van der Waals surface area contributed by atoms with Crippen LogP contribution in [0.25, 0.3) is 71.9 Å². The Bertz CT molecular complexity index is 2010. The third-order valence-corrected chi connectivity index (χ3v) is 7.45. The van der Waals surface area contributed by atoms with Gasteiger partial charge in [-0.1, -0.05) is 72.8 Å². The maximum absolute atomic E-state index is 5.93. The van der Waals surface area contributed by atoms with Crippen molar-refractivity contribution in [2.45, 2.75) is 13.8 Å². The fourth-order valence-electron chi connectivity index (χ4n) is 5.62. The van der Waals surface area contributed by atoms with E-state index in [-0.39, 0.29) is 0 Å². The van der Waals surface area contributed by atoms with Gasteiger partial charge in [-0.25, -0.2) is 4.98 Å². The smallest absolute Gasteiger partial charge is 0.227 e. The van der Waals surface area contributed by atoms with E-state index in [0.29, 0.717) is 5.71 Å². The maximum atomic E-state index is 5.93. The van der Waals surface area contributed by atoms with Crippen molar-refractivity contribution in [1.29, 1.82) is 0 Å². The second-order valence-corrected chi connectivity index (χ2v) is 9.59. The second-order valence-electron chi connectivity index (χ2n) is 9.59. The lowest BCUT2D eigenvalue weighted by Crippen LogP contribution is -1.90. The molecule has 2 heterocycles. The van der Waals surface area contributed by atoms with Crippen LogP contribution >= 0.6 is 0 Å². The summed E-state index contributed by atoms with van der Waals surface area (Å²) >= 11 is 0. The van der Waals surface area contributed by atoms with Gasteiger partial charge in [-0.05, 0) is 105 Å². The number of nitrogens with zero attached hydrogens (tertiary/aromatic N) is 1. The summed E-state index contributed by atoms with van der Waals surface area (Å²) < 4.78 is 5.93. The third kappa shape index (κ3) is 3.45. The zero-order chi connectivity index (χ0) is 24.9. The van der Waals surface area contributed by atoms with Gasteiger partial charge in [-0.2, -0.15) is 0 Å². The largest absolute Gasteiger partial charge is 0.438 e. The summed E-state index contributed by atoms with van der Waals surface area (Å²) in [4.78, 5) is 4.37. The first kappa shape index (κ1) is 21.6. The van der Waals surface area contributed by atoms with E-state index in [4.69, 9.17) is 4.42 Å². The molecule has 5 aromatic carbocycles. The lowest BCUT2D eigenvalue weighted by atomic mass is 9.89. The van der Waals surface area contributed by atoms with Crippen LogP contribution in [0.15, 0.2) is 114 Å². The topological polar surface area (TPSA) is 26.0 Å². The molecule has 0 bridgehead atoms. The monoisotopic (exact) mass is 475 g/mol. The van der Waals surface area contributed by atoms with Crippen molar-refractivity contribution in [3.8, 4) is 22.3 Å². The Balaban J connectivity index is 1.39. The molecule has 0 amide bonds. The molecule has 2 aromatic heterocycles. The van der Waals surface area contributed by atoms with E-state index in [2.05, 4.69) is 116 Å². The van der Waals surface area contributed by atoms with Crippen LogP contribution in [-0.4, -0.2) is 4.98 Å². The molecule has 0 N–H and O–H groups in total. The number of hydrogen-bond donors (Lipinski definition) is 0. The van der Waals surface area contributed by atoms with Crippen molar-refractivity contribution >= 4 is 49.7 Å². The quantitative estimate of drug-likeness (QED) is 0.238. The van der Waals surface area contributed by atoms with Gasteiger partial charge in [0.15, 0.2) is 0 Å². The van der Waals surface area contributed by atoms with E-state index in [1.807, 2.05) is 12.1 Å². The number of pyridine rings is 1. The second kappa shape index (κ2) is 8.46. The summed E-state index contributed by atoms with van der Waals surface area (Å²) in [6, 6.07) is 34.8. The van der Waals surface area contributed by atoms with Crippen LogP contribution in [0.1, 0.15) is 18.1 Å². The first-order valence-electron chi connectivity index (χ1n) is 12.7. The number of aromatic nitrogens is 1. The van der Waals surface area contributed by atoms with Crippen LogP contribution in [-0.2, 0) is 0 Å². The Kier molecular flexibility index (Phi) is 4.93. The molecule has 2 nitrogen and oxygen atoms in total. The van der Waals surface area contributed by atoms with Crippen molar-refractivity contribution in [2.75, 3.05) is 0 Å². The average Bonchev–Trinajstić information content (AvgIpc) is 3.33. The fraction of sp³-hybridized carbons (Fsp3) is 0.0571. The summed E-state index contributed by atoms with van der Waals surface area (Å²) in [7, 11) is 0. The normalized spacial score (nSPS) is 11.9. The molecule has 0 unspecified atom stereocenters. The van der Waals surface area contributed by atoms with E-state index in [0.717, 1.165) is 21.9 Å². The summed E-state index contributed by atoms with van der Waals surface area (Å²) in [6.07, 6.45) is 6.14. The van der Waals surface area contributed by atoms with Gasteiger partial charge in [-0.3, -0.25) is 0 Å². The first-order chi connectivity index (χ1) is 18.2. The molecule has 0 aliphatic rings. The molecule has 0 saturated heterocycles. The molecule has 0 aliphatic heterocycles. The lowest BCUT2D eigenvalue weighted by Gasteiger charge is -2.14. The molecular formula is C35H25NO. The number of rotatable bonds is 3. The molecule has 37 heavy (non-hydrogen) atoms. The van der Waals surface area contributed by atoms with Crippen molar-refractivity contribution in [3.63, 3.8) is 0 Å². The third-order valence-electron chi connectivity index (χ3n) is 7.45. The highest BCUT2D eigenvalue weighted by atomic mass is 16.3. The summed E-state index contributed by atoms with van der Waals surface area (Å²) in [5.41, 5.74) is 8.92. The highest BCUT2D eigenvalue weighted by molar-refractivity contribution is 6.13. The highest BCUT2D eigenvalue weighted by Crippen LogP contribution is 2.37. The predicted octanol–water partition coefficient (Wildman–Crippen LogP) is 9.96. The Morgan fingerprint density at radius 3 is 2.08 bits per heavy atom. The van der Waals surface area contributed by atoms with Gasteiger partial charge in [0, 0.05) is 17.0 Å². The fourth-order valence-corrected chi connectivity index (χ4v) is 5.62. The zero-order valence-electron chi connectivity index (χ0n) is 20.8. The standard InChI is InChI=1S/C35H25NO/c1-3-8-27-22(2)28-11-4-5-12-29(28)30-16-14-25(20-32(27)30)23-9-6-10-24(19-23)26-15-17-34-33(21-26)31-13-7-18-36-35(31)37-34/h3-21H,1-2H3/b8-3-.